The summed E-state index contributed by atoms with van der Waals surface area (Å²) in [6.45, 7) is 0.230. The summed E-state index contributed by atoms with van der Waals surface area (Å²) in [5.74, 6) is -1.53. The number of amides is 2. The van der Waals surface area contributed by atoms with Crippen LogP contribution >= 0.6 is 15.9 Å². The fourth-order valence-electron chi connectivity index (χ4n) is 2.85. The Morgan fingerprint density at radius 1 is 1.06 bits per heavy atom. The molecular weight excluding hydrogens is 490 g/mol. The van der Waals surface area contributed by atoms with Crippen molar-refractivity contribution in [1.82, 2.24) is 15.6 Å². The number of aromatic hydroxyl groups is 1. The van der Waals surface area contributed by atoms with Crippen molar-refractivity contribution < 1.29 is 24.2 Å². The van der Waals surface area contributed by atoms with E-state index < -0.39 is 11.9 Å². The van der Waals surface area contributed by atoms with Crippen molar-refractivity contribution in [2.24, 2.45) is 0 Å². The number of nitrogens with zero attached hydrogens (tertiary/aromatic N) is 1. The Balaban J connectivity index is 1.72. The molecule has 0 aliphatic rings. The molecule has 3 N–H and O–H groups in total. The molecule has 0 bridgehead atoms. The van der Waals surface area contributed by atoms with Gasteiger partial charge >= 0.3 is 5.97 Å². The first-order chi connectivity index (χ1) is 15.9. The van der Waals surface area contributed by atoms with E-state index in [1.54, 1.807) is 48.7 Å². The van der Waals surface area contributed by atoms with E-state index >= 15 is 0 Å². The summed E-state index contributed by atoms with van der Waals surface area (Å²) in [5.41, 5.74) is 1.68. The minimum atomic E-state index is -0.729. The highest BCUT2D eigenvalue weighted by atomic mass is 79.9. The molecule has 2 amide bonds. The molecule has 0 fully saturated rings. The van der Waals surface area contributed by atoms with Crippen molar-refractivity contribution in [1.29, 1.82) is 0 Å². The van der Waals surface area contributed by atoms with Crippen LogP contribution in [-0.2, 0) is 16.1 Å². The monoisotopic (exact) mass is 509 g/mol. The lowest BCUT2D eigenvalue weighted by Crippen LogP contribution is -2.28. The maximum atomic E-state index is 12.8. The van der Waals surface area contributed by atoms with Gasteiger partial charge in [-0.1, -0.05) is 18.2 Å². The van der Waals surface area contributed by atoms with E-state index in [-0.39, 0.29) is 29.5 Å². The molecule has 0 aliphatic carbocycles. The molecule has 1 heterocycles. The number of methoxy groups -OCH3 is 1. The summed E-state index contributed by atoms with van der Waals surface area (Å²) < 4.78 is 5.11. The number of hydrogen-bond donors (Lipinski definition) is 3. The minimum Gasteiger partial charge on any atom is -0.508 e. The lowest BCUT2D eigenvalue weighted by molar-refractivity contribution is -0.136. The second-order valence-corrected chi connectivity index (χ2v) is 7.66. The van der Waals surface area contributed by atoms with E-state index in [1.807, 2.05) is 0 Å². The van der Waals surface area contributed by atoms with Crippen LogP contribution in [0.15, 0.2) is 77.0 Å². The summed E-state index contributed by atoms with van der Waals surface area (Å²) in [6.07, 6.45) is 2.96. The highest BCUT2D eigenvalue weighted by molar-refractivity contribution is 9.10. The third-order valence-corrected chi connectivity index (χ3v) is 5.13. The molecule has 33 heavy (non-hydrogen) atoms. The first kappa shape index (κ1) is 23.7. The molecule has 8 nitrogen and oxygen atoms in total. The molecule has 2 aromatic carbocycles. The molecule has 0 aliphatic heterocycles. The van der Waals surface area contributed by atoms with Crippen LogP contribution in [-0.4, -0.2) is 35.0 Å². The van der Waals surface area contributed by atoms with Gasteiger partial charge in [0.25, 0.3) is 11.8 Å². The van der Waals surface area contributed by atoms with E-state index in [0.717, 1.165) is 5.56 Å². The molecule has 168 valence electrons. The van der Waals surface area contributed by atoms with E-state index in [1.165, 1.54) is 31.4 Å². The highest BCUT2D eigenvalue weighted by Crippen LogP contribution is 2.20. The van der Waals surface area contributed by atoms with E-state index in [0.29, 0.717) is 15.7 Å². The van der Waals surface area contributed by atoms with Crippen LogP contribution in [0.5, 0.6) is 5.75 Å². The third-order valence-electron chi connectivity index (χ3n) is 4.47. The fourth-order valence-corrected chi connectivity index (χ4v) is 3.41. The molecule has 9 heteroatoms. The predicted octanol–water partition coefficient (Wildman–Crippen LogP) is 3.42. The van der Waals surface area contributed by atoms with E-state index in [4.69, 9.17) is 4.74 Å². The van der Waals surface area contributed by atoms with Gasteiger partial charge in [0, 0.05) is 22.8 Å². The molecule has 0 saturated carbocycles. The van der Waals surface area contributed by atoms with E-state index in [9.17, 15) is 19.5 Å². The van der Waals surface area contributed by atoms with Gasteiger partial charge in [0.15, 0.2) is 0 Å². The van der Waals surface area contributed by atoms with Crippen LogP contribution in [0.1, 0.15) is 32.0 Å². The van der Waals surface area contributed by atoms with Gasteiger partial charge in [-0.2, -0.15) is 0 Å². The van der Waals surface area contributed by atoms with Crippen molar-refractivity contribution in [3.8, 4) is 5.75 Å². The maximum absolute atomic E-state index is 12.8. The summed E-state index contributed by atoms with van der Waals surface area (Å²) >= 11 is 3.31. The summed E-state index contributed by atoms with van der Waals surface area (Å²) in [6, 6.07) is 16.2. The van der Waals surface area contributed by atoms with Gasteiger partial charge in [-0.25, -0.2) is 4.79 Å². The molecule has 1 aromatic heterocycles. The van der Waals surface area contributed by atoms with Crippen LogP contribution in [0.4, 0.5) is 0 Å². The van der Waals surface area contributed by atoms with Crippen molar-refractivity contribution in [2.45, 2.75) is 6.54 Å². The number of carbonyl (C=O) groups is 3. The molecule has 0 spiro atoms. The number of hydrogen-bond acceptors (Lipinski definition) is 6. The smallest absolute Gasteiger partial charge is 0.354 e. The van der Waals surface area contributed by atoms with Gasteiger partial charge in [0.05, 0.1) is 18.4 Å². The minimum absolute atomic E-state index is 0.0824. The molecular formula is C24H20BrN3O5. The van der Waals surface area contributed by atoms with Crippen LogP contribution < -0.4 is 10.6 Å². The van der Waals surface area contributed by atoms with Gasteiger partial charge in [0.1, 0.15) is 11.4 Å². The summed E-state index contributed by atoms with van der Waals surface area (Å²) in [5, 5.41) is 14.8. The standard InChI is InChI=1S/C24H20BrN3O5/c1-33-24(32)21(13-17-6-2-3-10-26-17)28-23(31)19-9-8-16(12-20(19)25)22(30)27-14-15-5-4-7-18(29)11-15/h2-13,29H,14H2,1H3,(H,27,30)(H,28,31)/b21-13-. The third kappa shape index (κ3) is 6.50. The van der Waals surface area contributed by atoms with Crippen molar-refractivity contribution >= 4 is 39.8 Å². The number of nitrogens with one attached hydrogen (secondary N) is 2. The SMILES string of the molecule is COC(=O)/C(=C/c1ccccn1)NC(=O)c1ccc(C(=O)NCc2cccc(O)c2)cc1Br. The number of benzene rings is 2. The lowest BCUT2D eigenvalue weighted by Gasteiger charge is -2.11. The number of esters is 1. The van der Waals surface area contributed by atoms with E-state index in [2.05, 4.69) is 31.5 Å². The number of halogens is 1. The molecule has 3 aromatic rings. The van der Waals surface area contributed by atoms with Gasteiger partial charge < -0.3 is 20.5 Å². The number of phenolic OH excluding ortho intramolecular Hbond substituents is 1. The zero-order valence-electron chi connectivity index (χ0n) is 17.5. The average molecular weight is 510 g/mol. The number of carbonyl (C=O) groups excluding carboxylic acids is 3. The quantitative estimate of drug-likeness (QED) is 0.331. The van der Waals surface area contributed by atoms with Crippen LogP contribution in [0.2, 0.25) is 0 Å². The Bertz CT molecular complexity index is 1210. The Kier molecular flexibility index (Phi) is 7.93. The fraction of sp³-hybridized carbons (Fsp3) is 0.0833. The molecule has 0 saturated heterocycles. The maximum Gasteiger partial charge on any atom is 0.354 e. The molecule has 0 radical (unpaired) electrons. The normalized spacial score (nSPS) is 10.9. The Morgan fingerprint density at radius 2 is 1.88 bits per heavy atom. The summed E-state index contributed by atoms with van der Waals surface area (Å²) in [4.78, 5) is 41.5. The number of rotatable bonds is 7. The van der Waals surface area contributed by atoms with Gasteiger partial charge in [-0.15, -0.1) is 0 Å². The van der Waals surface area contributed by atoms with Gasteiger partial charge in [-0.05, 0) is 70.0 Å². The first-order valence-electron chi connectivity index (χ1n) is 9.75. The van der Waals surface area contributed by atoms with Crippen molar-refractivity contribution in [3.63, 3.8) is 0 Å². The largest absolute Gasteiger partial charge is 0.508 e. The average Bonchev–Trinajstić information content (AvgIpc) is 2.82. The van der Waals surface area contributed by atoms with Crippen molar-refractivity contribution in [3.05, 3.63) is 99.4 Å². The second kappa shape index (κ2) is 11.1. The summed E-state index contributed by atoms with van der Waals surface area (Å²) in [7, 11) is 1.21. The van der Waals surface area contributed by atoms with Crippen LogP contribution in [0, 0.1) is 0 Å². The predicted molar refractivity (Wildman–Crippen MR) is 125 cm³/mol. The zero-order chi connectivity index (χ0) is 23.8. The number of aromatic nitrogens is 1. The number of phenols is 1. The van der Waals surface area contributed by atoms with Gasteiger partial charge in [0.2, 0.25) is 0 Å². The van der Waals surface area contributed by atoms with Crippen molar-refractivity contribution in [2.75, 3.05) is 7.11 Å². The molecule has 0 atom stereocenters. The number of pyridine rings is 1. The molecule has 3 rings (SSSR count). The Hall–Kier alpha value is -3.98. The first-order valence-corrected chi connectivity index (χ1v) is 10.5. The lowest BCUT2D eigenvalue weighted by atomic mass is 10.1. The van der Waals surface area contributed by atoms with Gasteiger partial charge in [-0.3, -0.25) is 14.6 Å². The zero-order valence-corrected chi connectivity index (χ0v) is 19.1. The highest BCUT2D eigenvalue weighted by Gasteiger charge is 2.18. The molecule has 0 unspecified atom stereocenters. The topological polar surface area (TPSA) is 118 Å². The van der Waals surface area contributed by atoms with Crippen LogP contribution in [0.25, 0.3) is 6.08 Å². The Labute approximate surface area is 198 Å². The second-order valence-electron chi connectivity index (χ2n) is 6.81. The Morgan fingerprint density at radius 3 is 2.55 bits per heavy atom. The van der Waals surface area contributed by atoms with Crippen LogP contribution in [0.3, 0.4) is 0 Å². The number of ether oxygens (including phenoxy) is 1.